The second-order valence-corrected chi connectivity index (χ2v) is 9.54. The molecule has 0 saturated heterocycles. The molecule has 0 N–H and O–H groups in total. The van der Waals surface area contributed by atoms with Gasteiger partial charge in [-0.15, -0.1) is 0 Å². The Morgan fingerprint density at radius 1 is 0.839 bits per heavy atom. The van der Waals surface area contributed by atoms with E-state index in [9.17, 15) is 14.4 Å². The number of ketones is 3. The fourth-order valence-electron chi connectivity index (χ4n) is 3.98. The SMILES string of the molecule is COc1ccc(C(=O)[C@H](Br)[C@H](c2ccccc2)C2(Br)C(=O)c3ccccc3C2=O)cc1. The fourth-order valence-corrected chi connectivity index (χ4v) is 6.26. The van der Waals surface area contributed by atoms with E-state index in [1.807, 2.05) is 30.3 Å². The first-order valence-corrected chi connectivity index (χ1v) is 11.3. The van der Waals surface area contributed by atoms with Crippen molar-refractivity contribution in [2.24, 2.45) is 0 Å². The first kappa shape index (κ1) is 21.7. The molecule has 3 aromatic rings. The average molecular weight is 542 g/mol. The number of Topliss-reactive ketones (excluding diaryl/α,β-unsaturated/α-hetero) is 3. The molecule has 3 aromatic carbocycles. The maximum absolute atomic E-state index is 13.5. The van der Waals surface area contributed by atoms with Crippen molar-refractivity contribution in [1.82, 2.24) is 0 Å². The van der Waals surface area contributed by atoms with E-state index in [1.54, 1.807) is 55.6 Å². The molecule has 4 rings (SSSR count). The zero-order valence-corrected chi connectivity index (χ0v) is 19.7. The van der Waals surface area contributed by atoms with Crippen LogP contribution in [0.15, 0.2) is 78.9 Å². The molecule has 0 radical (unpaired) electrons. The van der Waals surface area contributed by atoms with Crippen molar-refractivity contribution in [2.75, 3.05) is 7.11 Å². The number of methoxy groups -OCH3 is 1. The summed E-state index contributed by atoms with van der Waals surface area (Å²) < 4.78 is 3.58. The van der Waals surface area contributed by atoms with E-state index in [0.29, 0.717) is 28.0 Å². The molecule has 0 fully saturated rings. The Hall–Kier alpha value is -2.57. The lowest BCUT2D eigenvalue weighted by Gasteiger charge is -2.33. The lowest BCUT2D eigenvalue weighted by molar-refractivity contribution is 0.0844. The molecule has 0 aromatic heterocycles. The van der Waals surface area contributed by atoms with E-state index in [-0.39, 0.29) is 17.3 Å². The van der Waals surface area contributed by atoms with E-state index in [2.05, 4.69) is 31.9 Å². The van der Waals surface area contributed by atoms with Crippen LogP contribution >= 0.6 is 31.9 Å². The number of rotatable bonds is 6. The number of alkyl halides is 2. The molecule has 0 unspecified atom stereocenters. The first-order valence-electron chi connectivity index (χ1n) is 9.64. The molecule has 0 heterocycles. The third kappa shape index (κ3) is 3.58. The monoisotopic (exact) mass is 540 g/mol. The van der Waals surface area contributed by atoms with Crippen LogP contribution in [0.25, 0.3) is 0 Å². The van der Waals surface area contributed by atoms with Gasteiger partial charge in [-0.05, 0) is 29.8 Å². The highest BCUT2D eigenvalue weighted by Crippen LogP contribution is 2.49. The normalized spacial score (nSPS) is 16.5. The van der Waals surface area contributed by atoms with Crippen molar-refractivity contribution in [3.63, 3.8) is 0 Å². The summed E-state index contributed by atoms with van der Waals surface area (Å²) in [7, 11) is 1.55. The number of hydrogen-bond acceptors (Lipinski definition) is 4. The number of carbonyl (C=O) groups is 3. The van der Waals surface area contributed by atoms with Gasteiger partial charge in [0, 0.05) is 22.6 Å². The molecule has 0 spiro atoms. The molecule has 1 aliphatic rings. The third-order valence-corrected chi connectivity index (χ3v) is 7.74. The highest BCUT2D eigenvalue weighted by molar-refractivity contribution is 9.11. The van der Waals surface area contributed by atoms with Gasteiger partial charge in [-0.1, -0.05) is 86.5 Å². The number of hydrogen-bond donors (Lipinski definition) is 0. The first-order chi connectivity index (χ1) is 14.9. The van der Waals surface area contributed by atoms with Gasteiger partial charge in [-0.3, -0.25) is 14.4 Å². The van der Waals surface area contributed by atoms with E-state index >= 15 is 0 Å². The summed E-state index contributed by atoms with van der Waals surface area (Å²) >= 11 is 7.07. The molecule has 0 amide bonds. The Labute approximate surface area is 196 Å². The number of fused-ring (bicyclic) bond motifs is 1. The van der Waals surface area contributed by atoms with Gasteiger partial charge in [-0.2, -0.15) is 0 Å². The minimum Gasteiger partial charge on any atom is -0.497 e. The predicted molar refractivity (Wildman–Crippen MR) is 126 cm³/mol. The molecule has 2 atom stereocenters. The average Bonchev–Trinajstić information content (AvgIpc) is 3.01. The lowest BCUT2D eigenvalue weighted by Crippen LogP contribution is -2.46. The van der Waals surface area contributed by atoms with Crippen molar-refractivity contribution < 1.29 is 19.1 Å². The van der Waals surface area contributed by atoms with E-state index < -0.39 is 15.1 Å². The minimum absolute atomic E-state index is 0.230. The van der Waals surface area contributed by atoms with Crippen LogP contribution in [0.2, 0.25) is 0 Å². The number of halogens is 2. The molecule has 0 aliphatic heterocycles. The van der Waals surface area contributed by atoms with Gasteiger partial charge in [0.15, 0.2) is 21.7 Å². The highest BCUT2D eigenvalue weighted by atomic mass is 79.9. The maximum atomic E-state index is 13.5. The van der Waals surface area contributed by atoms with Crippen LogP contribution in [0.3, 0.4) is 0 Å². The maximum Gasteiger partial charge on any atom is 0.188 e. The number of carbonyl (C=O) groups excluding carboxylic acids is 3. The van der Waals surface area contributed by atoms with Crippen LogP contribution in [0, 0.1) is 0 Å². The Balaban J connectivity index is 1.81. The van der Waals surface area contributed by atoms with E-state index in [0.717, 1.165) is 0 Å². The Kier molecular flexibility index (Phi) is 5.95. The summed E-state index contributed by atoms with van der Waals surface area (Å²) in [4.78, 5) is 39.5. The minimum atomic E-state index is -1.59. The summed E-state index contributed by atoms with van der Waals surface area (Å²) in [5, 5.41) is 0. The summed E-state index contributed by atoms with van der Waals surface area (Å²) in [6, 6.07) is 22.7. The zero-order valence-electron chi connectivity index (χ0n) is 16.5. The quantitative estimate of drug-likeness (QED) is 0.230. The van der Waals surface area contributed by atoms with Gasteiger partial charge in [0.2, 0.25) is 0 Å². The van der Waals surface area contributed by atoms with Crippen molar-refractivity contribution in [1.29, 1.82) is 0 Å². The molecule has 31 heavy (non-hydrogen) atoms. The summed E-state index contributed by atoms with van der Waals surface area (Å²) in [6.45, 7) is 0. The smallest absolute Gasteiger partial charge is 0.188 e. The standard InChI is InChI=1S/C25H18Br2O4/c1-31-17-13-11-16(12-14-17)22(28)21(26)20(15-7-3-2-4-8-15)25(27)23(29)18-9-5-6-10-19(18)24(25)30/h2-14,20-21H,1H3/t20-,21+/m0/s1. The third-order valence-electron chi connectivity index (χ3n) is 5.58. The molecule has 0 saturated carbocycles. The molecular formula is C25H18Br2O4. The van der Waals surface area contributed by atoms with Crippen LogP contribution in [0.5, 0.6) is 5.75 Å². The van der Waals surface area contributed by atoms with Crippen LogP contribution in [0.4, 0.5) is 0 Å². The summed E-state index contributed by atoms with van der Waals surface area (Å²) in [5.41, 5.74) is 1.89. The Bertz CT molecular complexity index is 1120. The van der Waals surface area contributed by atoms with Gasteiger partial charge in [0.05, 0.1) is 11.9 Å². The van der Waals surface area contributed by atoms with Gasteiger partial charge in [0.25, 0.3) is 0 Å². The topological polar surface area (TPSA) is 60.4 Å². The molecular weight excluding hydrogens is 524 g/mol. The van der Waals surface area contributed by atoms with Gasteiger partial charge < -0.3 is 4.74 Å². The van der Waals surface area contributed by atoms with Gasteiger partial charge >= 0.3 is 0 Å². The zero-order chi connectivity index (χ0) is 22.2. The number of benzene rings is 3. The molecule has 6 heteroatoms. The predicted octanol–water partition coefficient (Wildman–Crippen LogP) is 5.64. The summed E-state index contributed by atoms with van der Waals surface area (Å²) in [5.74, 6) is -1.04. The largest absolute Gasteiger partial charge is 0.497 e. The van der Waals surface area contributed by atoms with E-state index in [4.69, 9.17) is 4.74 Å². The van der Waals surface area contributed by atoms with Crippen molar-refractivity contribution >= 4 is 49.2 Å². The van der Waals surface area contributed by atoms with E-state index in [1.165, 1.54) is 0 Å². The van der Waals surface area contributed by atoms with Gasteiger partial charge in [0.1, 0.15) is 5.75 Å². The highest BCUT2D eigenvalue weighted by Gasteiger charge is 2.59. The number of ether oxygens (including phenoxy) is 1. The molecule has 4 nitrogen and oxygen atoms in total. The van der Waals surface area contributed by atoms with Crippen LogP contribution in [-0.4, -0.2) is 33.6 Å². The second-order valence-electron chi connectivity index (χ2n) is 7.30. The summed E-state index contributed by atoms with van der Waals surface area (Å²) in [6.07, 6.45) is 0. The van der Waals surface area contributed by atoms with Gasteiger partial charge in [-0.25, -0.2) is 0 Å². The lowest BCUT2D eigenvalue weighted by atomic mass is 9.78. The second kappa shape index (κ2) is 8.52. The van der Waals surface area contributed by atoms with Crippen molar-refractivity contribution in [3.8, 4) is 5.75 Å². The molecule has 1 aliphatic carbocycles. The fraction of sp³-hybridized carbons (Fsp3) is 0.160. The van der Waals surface area contributed by atoms with Crippen LogP contribution in [0.1, 0.15) is 42.6 Å². The Morgan fingerprint density at radius 2 is 1.35 bits per heavy atom. The molecule has 156 valence electrons. The van der Waals surface area contributed by atoms with Crippen molar-refractivity contribution in [3.05, 3.63) is 101 Å². The van der Waals surface area contributed by atoms with Crippen molar-refractivity contribution in [2.45, 2.75) is 15.1 Å². The van der Waals surface area contributed by atoms with Crippen LogP contribution in [-0.2, 0) is 0 Å². The Morgan fingerprint density at radius 3 is 1.87 bits per heavy atom. The van der Waals surface area contributed by atoms with Crippen LogP contribution < -0.4 is 4.74 Å². The molecule has 0 bridgehead atoms.